The van der Waals surface area contributed by atoms with Gasteiger partial charge in [-0.2, -0.15) is 0 Å². The number of ether oxygens (including phenoxy) is 2. The minimum Gasteiger partial charge on any atom is -0.497 e. The second-order valence-corrected chi connectivity index (χ2v) is 9.75. The number of nitrogens with zero attached hydrogens (tertiary/aromatic N) is 1. The van der Waals surface area contributed by atoms with Crippen LogP contribution in [-0.2, 0) is 9.53 Å². The molecule has 1 amide bonds. The van der Waals surface area contributed by atoms with Gasteiger partial charge in [0, 0.05) is 23.3 Å². The quantitative estimate of drug-likeness (QED) is 0.784. The van der Waals surface area contributed by atoms with Crippen LogP contribution in [0, 0.1) is 23.7 Å². The first kappa shape index (κ1) is 17.5. The molecular weight excluding hydrogens is 338 g/mol. The molecule has 4 fully saturated rings. The summed E-state index contributed by atoms with van der Waals surface area (Å²) in [6.07, 6.45) is 4.76. The molecule has 0 N–H and O–H groups in total. The molecule has 2 saturated heterocycles. The van der Waals surface area contributed by atoms with Crippen LogP contribution in [0.5, 0.6) is 5.75 Å². The fourth-order valence-corrected chi connectivity index (χ4v) is 6.43. The molecule has 7 atom stereocenters. The van der Waals surface area contributed by atoms with E-state index < -0.39 is 0 Å². The van der Waals surface area contributed by atoms with E-state index in [1.807, 2.05) is 12.1 Å². The molecule has 2 saturated carbocycles. The summed E-state index contributed by atoms with van der Waals surface area (Å²) >= 11 is 0. The molecule has 2 aliphatic heterocycles. The molecule has 4 heteroatoms. The average molecular weight is 370 g/mol. The molecule has 0 aromatic heterocycles. The number of hydrogen-bond acceptors (Lipinski definition) is 3. The first-order chi connectivity index (χ1) is 12.9. The second-order valence-electron chi connectivity index (χ2n) is 9.75. The van der Waals surface area contributed by atoms with Gasteiger partial charge in [-0.25, -0.2) is 0 Å². The number of carbonyl (C=O) groups is 1. The third kappa shape index (κ3) is 2.41. The molecule has 27 heavy (non-hydrogen) atoms. The van der Waals surface area contributed by atoms with Crippen molar-refractivity contribution in [3.63, 3.8) is 0 Å². The zero-order valence-corrected chi connectivity index (χ0v) is 16.9. The van der Waals surface area contributed by atoms with Crippen LogP contribution in [0.3, 0.4) is 0 Å². The highest BCUT2D eigenvalue weighted by Gasteiger charge is 2.66. The van der Waals surface area contributed by atoms with Gasteiger partial charge in [-0.1, -0.05) is 25.5 Å². The number of methoxy groups -OCH3 is 1. The van der Waals surface area contributed by atoms with E-state index in [0.717, 1.165) is 24.5 Å². The topological polar surface area (TPSA) is 38.8 Å². The van der Waals surface area contributed by atoms with E-state index in [2.05, 4.69) is 37.8 Å². The standard InChI is InChI=1S/C23H31NO3/c1-13-5-10-18-19(11-13)27-22-20-16(14-6-8-15(26-4)9-7-14)12-17(20)21(25)24(22)23(18,2)3/h6-9,13,16-20,22H,5,10-12H2,1-4H3/t13-,16+,17-,18-,19-,20+,22+/m1/s1. The Morgan fingerprint density at radius 1 is 1.11 bits per heavy atom. The summed E-state index contributed by atoms with van der Waals surface area (Å²) in [6.45, 7) is 6.90. The fourth-order valence-electron chi connectivity index (χ4n) is 6.43. The molecule has 146 valence electrons. The predicted molar refractivity (Wildman–Crippen MR) is 103 cm³/mol. The lowest BCUT2D eigenvalue weighted by Crippen LogP contribution is -2.64. The lowest BCUT2D eigenvalue weighted by molar-refractivity contribution is -0.231. The highest BCUT2D eigenvalue weighted by Crippen LogP contribution is 2.60. The van der Waals surface area contributed by atoms with Gasteiger partial charge in [-0.05, 0) is 62.6 Å². The van der Waals surface area contributed by atoms with Crippen molar-refractivity contribution in [1.29, 1.82) is 0 Å². The van der Waals surface area contributed by atoms with Crippen LogP contribution in [0.15, 0.2) is 24.3 Å². The lowest BCUT2D eigenvalue weighted by Gasteiger charge is -2.56. The van der Waals surface area contributed by atoms with Crippen molar-refractivity contribution in [3.05, 3.63) is 29.8 Å². The highest BCUT2D eigenvalue weighted by atomic mass is 16.5. The van der Waals surface area contributed by atoms with Crippen molar-refractivity contribution in [2.45, 2.75) is 70.2 Å². The first-order valence-corrected chi connectivity index (χ1v) is 10.5. The number of benzene rings is 1. The molecule has 2 aliphatic carbocycles. The van der Waals surface area contributed by atoms with Gasteiger partial charge in [0.05, 0.1) is 13.2 Å². The van der Waals surface area contributed by atoms with Crippen LogP contribution in [0.2, 0.25) is 0 Å². The van der Waals surface area contributed by atoms with E-state index in [-0.39, 0.29) is 17.7 Å². The van der Waals surface area contributed by atoms with Crippen LogP contribution >= 0.6 is 0 Å². The maximum absolute atomic E-state index is 13.3. The van der Waals surface area contributed by atoms with Gasteiger partial charge in [0.1, 0.15) is 12.0 Å². The van der Waals surface area contributed by atoms with E-state index >= 15 is 0 Å². The zero-order valence-electron chi connectivity index (χ0n) is 16.9. The van der Waals surface area contributed by atoms with Crippen LogP contribution < -0.4 is 4.74 Å². The van der Waals surface area contributed by atoms with Gasteiger partial charge in [0.25, 0.3) is 0 Å². The number of fused-ring (bicyclic) bond motifs is 4. The Morgan fingerprint density at radius 3 is 2.56 bits per heavy atom. The van der Waals surface area contributed by atoms with Crippen LogP contribution in [0.4, 0.5) is 0 Å². The van der Waals surface area contributed by atoms with Gasteiger partial charge < -0.3 is 14.4 Å². The fraction of sp³-hybridized carbons (Fsp3) is 0.696. The van der Waals surface area contributed by atoms with Crippen molar-refractivity contribution in [2.24, 2.45) is 23.7 Å². The molecular formula is C23H31NO3. The van der Waals surface area contributed by atoms with E-state index in [1.54, 1.807) is 7.11 Å². The Labute approximate surface area is 162 Å². The molecule has 0 radical (unpaired) electrons. The SMILES string of the molecule is COc1ccc([C@@H]2C[C@H]3C(=O)N4[C@@H](O[C@@H]5C[C@H](C)CC[C@H]5C4(C)C)[C@H]32)cc1. The monoisotopic (exact) mass is 369 g/mol. The maximum atomic E-state index is 13.3. The van der Waals surface area contributed by atoms with Crippen LogP contribution in [0.25, 0.3) is 0 Å². The predicted octanol–water partition coefficient (Wildman–Crippen LogP) is 4.20. The third-order valence-electron chi connectivity index (χ3n) is 8.02. The van der Waals surface area contributed by atoms with Gasteiger partial charge in [0.15, 0.2) is 0 Å². The molecule has 1 aromatic rings. The average Bonchev–Trinajstić information content (AvgIpc) is 2.81. The van der Waals surface area contributed by atoms with Crippen molar-refractivity contribution in [3.8, 4) is 5.75 Å². The molecule has 0 unspecified atom stereocenters. The first-order valence-electron chi connectivity index (χ1n) is 10.5. The summed E-state index contributed by atoms with van der Waals surface area (Å²) in [5.41, 5.74) is 1.21. The number of rotatable bonds is 2. The third-order valence-corrected chi connectivity index (χ3v) is 8.02. The van der Waals surface area contributed by atoms with Crippen molar-refractivity contribution >= 4 is 5.91 Å². The summed E-state index contributed by atoms with van der Waals surface area (Å²) in [6, 6.07) is 8.38. The lowest BCUT2D eigenvalue weighted by atomic mass is 9.63. The van der Waals surface area contributed by atoms with Crippen molar-refractivity contribution < 1.29 is 14.3 Å². The number of hydrogen-bond donors (Lipinski definition) is 0. The summed E-state index contributed by atoms with van der Waals surface area (Å²) in [4.78, 5) is 15.4. The number of carbonyl (C=O) groups excluding carboxylic acids is 1. The summed E-state index contributed by atoms with van der Waals surface area (Å²) in [5, 5.41) is 0. The smallest absolute Gasteiger partial charge is 0.228 e. The van der Waals surface area contributed by atoms with Gasteiger partial charge in [-0.3, -0.25) is 4.79 Å². The maximum Gasteiger partial charge on any atom is 0.228 e. The minimum absolute atomic E-state index is 0.0510. The van der Waals surface area contributed by atoms with Gasteiger partial charge in [-0.15, -0.1) is 0 Å². The Balaban J connectivity index is 1.45. The second kappa shape index (κ2) is 5.97. The van der Waals surface area contributed by atoms with E-state index in [4.69, 9.17) is 9.47 Å². The zero-order chi connectivity index (χ0) is 18.9. The summed E-state index contributed by atoms with van der Waals surface area (Å²) in [5.74, 6) is 3.24. The summed E-state index contributed by atoms with van der Waals surface area (Å²) < 4.78 is 12.0. The molecule has 0 spiro atoms. The molecule has 2 heterocycles. The minimum atomic E-state index is -0.105. The Kier molecular flexibility index (Phi) is 3.88. The Morgan fingerprint density at radius 2 is 1.85 bits per heavy atom. The van der Waals surface area contributed by atoms with Crippen LogP contribution in [0.1, 0.15) is 57.9 Å². The van der Waals surface area contributed by atoms with E-state index in [9.17, 15) is 4.79 Å². The van der Waals surface area contributed by atoms with Crippen molar-refractivity contribution in [1.82, 2.24) is 4.90 Å². The highest BCUT2D eigenvalue weighted by molar-refractivity contribution is 5.84. The normalized spacial score (nSPS) is 42.0. The molecule has 4 nitrogen and oxygen atoms in total. The molecule has 1 aromatic carbocycles. The number of amides is 1. The molecule has 0 bridgehead atoms. The Bertz CT molecular complexity index is 742. The van der Waals surface area contributed by atoms with Gasteiger partial charge in [0.2, 0.25) is 5.91 Å². The Hall–Kier alpha value is -1.55. The van der Waals surface area contributed by atoms with Crippen LogP contribution in [-0.4, -0.2) is 35.8 Å². The van der Waals surface area contributed by atoms with E-state index in [1.165, 1.54) is 18.4 Å². The van der Waals surface area contributed by atoms with E-state index in [0.29, 0.717) is 29.8 Å². The summed E-state index contributed by atoms with van der Waals surface area (Å²) in [7, 11) is 1.70. The molecule has 5 rings (SSSR count). The van der Waals surface area contributed by atoms with Gasteiger partial charge >= 0.3 is 0 Å². The molecule has 4 aliphatic rings. The van der Waals surface area contributed by atoms with Crippen molar-refractivity contribution in [2.75, 3.05) is 7.11 Å². The largest absolute Gasteiger partial charge is 0.497 e.